The standard InChI is InChI=1S/C78H72O18/c79-70(73(82)58-34-64(88-43-52-19-7-1-8-20-52)40-65(35-58)89-44-53-21-9-2-10-22-53)49-94-76(85)61-31-62(77(86)95-50-71(80)74(83)59-36-66(90-45-54-23-11-3-12-24-54)41-67(37-59)91-46-55-25-13-4-14-26-55)33-63(32-61)78(87)96-51-72(81)75(84)60-38-68(92-47-56-27-15-5-16-28-56)42-69(39-60)93-48-57-29-17-6-18-30-57/h1-42,70-75,79-84H,43-51H2/t70-,71-,72-,73-,74-,75-/m1/s1. The molecule has 0 aliphatic rings. The summed E-state index contributed by atoms with van der Waals surface area (Å²) in [5, 5.41) is 69.1. The molecule has 96 heavy (non-hydrogen) atoms. The van der Waals surface area contributed by atoms with E-state index in [0.717, 1.165) is 51.6 Å². The number of esters is 3. The van der Waals surface area contributed by atoms with Crippen LogP contribution in [0.3, 0.4) is 0 Å². The van der Waals surface area contributed by atoms with Gasteiger partial charge in [0.2, 0.25) is 0 Å². The zero-order valence-electron chi connectivity index (χ0n) is 52.2. The number of aliphatic hydroxyl groups excluding tert-OH is 6. The third-order valence-corrected chi connectivity index (χ3v) is 15.1. The number of carbonyl (C=O) groups excluding carboxylic acids is 3. The van der Waals surface area contributed by atoms with Crippen molar-refractivity contribution >= 4 is 17.9 Å². The van der Waals surface area contributed by atoms with E-state index in [1.807, 2.05) is 182 Å². The van der Waals surface area contributed by atoms with Crippen LogP contribution in [0.15, 0.2) is 255 Å². The van der Waals surface area contributed by atoms with E-state index in [9.17, 15) is 45.0 Å². The third kappa shape index (κ3) is 20.3. The molecule has 0 saturated carbocycles. The summed E-state index contributed by atoms with van der Waals surface area (Å²) < 4.78 is 53.2. The highest BCUT2D eigenvalue weighted by Crippen LogP contribution is 2.34. The number of carbonyl (C=O) groups is 3. The average molecular weight is 1300 g/mol. The van der Waals surface area contributed by atoms with Gasteiger partial charge < -0.3 is 73.3 Å². The summed E-state index contributed by atoms with van der Waals surface area (Å²) in [5.74, 6) is -1.69. The Morgan fingerprint density at radius 1 is 0.250 bits per heavy atom. The van der Waals surface area contributed by atoms with Gasteiger partial charge in [0.15, 0.2) is 0 Å². The van der Waals surface area contributed by atoms with Crippen molar-refractivity contribution in [3.05, 3.63) is 322 Å². The summed E-state index contributed by atoms with van der Waals surface area (Å²) in [5.41, 5.74) is 4.39. The van der Waals surface area contributed by atoms with Crippen molar-refractivity contribution in [3.63, 3.8) is 0 Å². The molecule has 0 aliphatic heterocycles. The van der Waals surface area contributed by atoms with Gasteiger partial charge >= 0.3 is 17.9 Å². The summed E-state index contributed by atoms with van der Waals surface area (Å²) in [4.78, 5) is 42.3. The fraction of sp³-hybridized carbons (Fsp3) is 0.192. The van der Waals surface area contributed by atoms with E-state index < -0.39 is 91.0 Å². The summed E-state index contributed by atoms with van der Waals surface area (Å²) >= 11 is 0. The van der Waals surface area contributed by atoms with Crippen LogP contribution in [0.25, 0.3) is 0 Å². The molecule has 0 fully saturated rings. The van der Waals surface area contributed by atoms with Crippen LogP contribution in [-0.4, -0.2) is 86.7 Å². The highest BCUT2D eigenvalue weighted by molar-refractivity contribution is 6.00. The molecule has 18 nitrogen and oxygen atoms in total. The SMILES string of the molecule is O=C(OC[C@@H](O)[C@H](O)c1cc(OCc2ccccc2)cc(OCc2ccccc2)c1)c1cc(C(=O)OC[C@@H](O)[C@H](O)c2cc(OCc3ccccc3)cc(OCc3ccccc3)c2)cc(C(=O)OC[C@@H](O)[C@H](O)c2cc(OCc3ccccc3)cc(OCc3ccccc3)c2)c1. The van der Waals surface area contributed by atoms with Crippen molar-refractivity contribution in [1.29, 1.82) is 0 Å². The minimum absolute atomic E-state index is 0.156. The van der Waals surface area contributed by atoms with Gasteiger partial charge in [-0.15, -0.1) is 0 Å². The van der Waals surface area contributed by atoms with Gasteiger partial charge in [0, 0.05) is 18.2 Å². The molecule has 0 unspecified atom stereocenters. The minimum Gasteiger partial charge on any atom is -0.489 e. The molecule has 10 aromatic carbocycles. The number of aliphatic hydroxyl groups is 6. The number of rotatable bonds is 33. The second-order valence-electron chi connectivity index (χ2n) is 22.5. The average Bonchev–Trinajstić information content (AvgIpc) is 0.870. The molecule has 0 aliphatic carbocycles. The van der Waals surface area contributed by atoms with Crippen molar-refractivity contribution in [3.8, 4) is 34.5 Å². The largest absolute Gasteiger partial charge is 0.489 e. The molecule has 0 saturated heterocycles. The van der Waals surface area contributed by atoms with Crippen LogP contribution in [0, 0.1) is 0 Å². The van der Waals surface area contributed by atoms with Gasteiger partial charge in [-0.05, 0) is 105 Å². The smallest absolute Gasteiger partial charge is 0.338 e. The Morgan fingerprint density at radius 2 is 0.427 bits per heavy atom. The molecule has 0 amide bonds. The van der Waals surface area contributed by atoms with Crippen molar-refractivity contribution < 1.29 is 87.7 Å². The second-order valence-corrected chi connectivity index (χ2v) is 22.5. The Labute approximate surface area is 555 Å². The fourth-order valence-electron chi connectivity index (χ4n) is 9.89. The Hall–Kier alpha value is -10.8. The molecular formula is C78H72O18. The molecule has 10 rings (SSSR count). The highest BCUT2D eigenvalue weighted by atomic mass is 16.6. The first kappa shape index (κ1) is 68.0. The zero-order valence-corrected chi connectivity index (χ0v) is 52.2. The molecule has 0 radical (unpaired) electrons. The first-order valence-electron chi connectivity index (χ1n) is 31.0. The molecule has 6 atom stereocenters. The van der Waals surface area contributed by atoms with E-state index in [4.69, 9.17) is 42.6 Å². The first-order valence-corrected chi connectivity index (χ1v) is 31.0. The van der Waals surface area contributed by atoms with Gasteiger partial charge in [-0.25, -0.2) is 14.4 Å². The van der Waals surface area contributed by atoms with Crippen LogP contribution in [0.1, 0.15) is 99.5 Å². The quantitative estimate of drug-likeness (QED) is 0.0165. The summed E-state index contributed by atoms with van der Waals surface area (Å²) in [7, 11) is 0. The summed E-state index contributed by atoms with van der Waals surface area (Å²) in [6.45, 7) is -1.41. The predicted octanol–water partition coefficient (Wildman–Crippen LogP) is 11.9. The van der Waals surface area contributed by atoms with Crippen LogP contribution in [0.2, 0.25) is 0 Å². The van der Waals surface area contributed by atoms with Crippen LogP contribution >= 0.6 is 0 Å². The maximum Gasteiger partial charge on any atom is 0.338 e. The molecule has 0 aromatic heterocycles. The van der Waals surface area contributed by atoms with Crippen molar-refractivity contribution in [1.82, 2.24) is 0 Å². The minimum atomic E-state index is -1.76. The number of ether oxygens (including phenoxy) is 9. The Morgan fingerprint density at radius 3 is 0.604 bits per heavy atom. The molecule has 6 N–H and O–H groups in total. The lowest BCUT2D eigenvalue weighted by molar-refractivity contribution is -0.0290. The normalized spacial score (nSPS) is 12.9. The van der Waals surface area contributed by atoms with Gasteiger partial charge in [-0.2, -0.15) is 0 Å². The van der Waals surface area contributed by atoms with Crippen LogP contribution in [-0.2, 0) is 53.9 Å². The second kappa shape index (κ2) is 34.4. The number of hydrogen-bond acceptors (Lipinski definition) is 18. The van der Waals surface area contributed by atoms with E-state index in [0.29, 0.717) is 34.5 Å². The third-order valence-electron chi connectivity index (χ3n) is 15.1. The van der Waals surface area contributed by atoms with Crippen molar-refractivity contribution in [2.45, 2.75) is 76.3 Å². The fourth-order valence-corrected chi connectivity index (χ4v) is 9.89. The van der Waals surface area contributed by atoms with E-state index in [-0.39, 0.29) is 56.3 Å². The van der Waals surface area contributed by atoms with Gasteiger partial charge in [-0.1, -0.05) is 182 Å². The van der Waals surface area contributed by atoms with Gasteiger partial charge in [0.25, 0.3) is 0 Å². The van der Waals surface area contributed by atoms with E-state index >= 15 is 0 Å². The van der Waals surface area contributed by atoms with Crippen molar-refractivity contribution in [2.75, 3.05) is 19.8 Å². The highest BCUT2D eigenvalue weighted by Gasteiger charge is 2.28. The zero-order chi connectivity index (χ0) is 67.0. The van der Waals surface area contributed by atoms with Crippen LogP contribution in [0.5, 0.6) is 34.5 Å². The number of benzene rings is 10. The molecule has 492 valence electrons. The summed E-state index contributed by atoms with van der Waals surface area (Å²) in [6, 6.07) is 73.4. The Balaban J connectivity index is 0.860. The van der Waals surface area contributed by atoms with Crippen LogP contribution in [0.4, 0.5) is 0 Å². The maximum absolute atomic E-state index is 14.1. The van der Waals surface area contributed by atoms with E-state index in [2.05, 4.69) is 0 Å². The predicted molar refractivity (Wildman–Crippen MR) is 354 cm³/mol. The van der Waals surface area contributed by atoms with E-state index in [1.165, 1.54) is 36.4 Å². The van der Waals surface area contributed by atoms with Crippen LogP contribution < -0.4 is 28.4 Å². The molecule has 18 heteroatoms. The van der Waals surface area contributed by atoms with E-state index in [1.54, 1.807) is 18.2 Å². The molecule has 10 aromatic rings. The van der Waals surface area contributed by atoms with Crippen molar-refractivity contribution in [2.24, 2.45) is 0 Å². The lowest BCUT2D eigenvalue weighted by atomic mass is 10.0. The van der Waals surface area contributed by atoms with Gasteiger partial charge in [0.1, 0.15) is 131 Å². The topological polar surface area (TPSA) is 256 Å². The Kier molecular flexibility index (Phi) is 24.4. The monoisotopic (exact) mass is 1300 g/mol. The molecular weight excluding hydrogens is 1220 g/mol. The Bertz CT molecular complexity index is 3470. The maximum atomic E-state index is 14.1. The molecule has 0 heterocycles. The number of hydrogen-bond donors (Lipinski definition) is 6. The first-order chi connectivity index (χ1) is 46.7. The lowest BCUT2D eigenvalue weighted by Crippen LogP contribution is -2.27. The summed E-state index contributed by atoms with van der Waals surface area (Å²) in [6.07, 6.45) is -10.3. The molecule has 0 bridgehead atoms. The molecule has 0 spiro atoms. The van der Waals surface area contributed by atoms with Gasteiger partial charge in [-0.3, -0.25) is 0 Å². The van der Waals surface area contributed by atoms with Gasteiger partial charge in [0.05, 0.1) is 16.7 Å². The lowest BCUT2D eigenvalue weighted by Gasteiger charge is -2.21.